The summed E-state index contributed by atoms with van der Waals surface area (Å²) in [7, 11) is 0. The standard InChI is InChI=1S/C28H42ClN7O5/c1-26(2,41)21-15-32-33-35(21)18-12-20(25(40)36(29)28(22(37)23(31)38)8-4-3-5-9-28)34(16-18)24(39)19(30)14-27-10-6-17(13-27)7-11-27/h15,17-20,41H,3-14,16,30H2,1-2H3,(H2,31,38)/t17?,18-,19?,20-,27?/m0/s1. The number of Topliss-reactive ketones (excluding diaryl/α,β-unsaturated/α-hetero) is 1. The number of nitrogens with zero attached hydrogens (tertiary/aromatic N) is 5. The fourth-order valence-electron chi connectivity index (χ4n) is 8.01. The molecule has 1 saturated heterocycles. The molecule has 5 N–H and O–H groups in total. The van der Waals surface area contributed by atoms with E-state index in [0.717, 1.165) is 42.9 Å². The molecular formula is C28H42ClN7O5. The first-order valence-corrected chi connectivity index (χ1v) is 15.1. The number of primary amides is 1. The number of carbonyl (C=O) groups excluding carboxylic acids is 4. The number of halogens is 1. The highest BCUT2D eigenvalue weighted by molar-refractivity contribution is 6.41. The Balaban J connectivity index is 1.45. The van der Waals surface area contributed by atoms with Crippen molar-refractivity contribution in [1.82, 2.24) is 24.3 Å². The van der Waals surface area contributed by atoms with Crippen molar-refractivity contribution in [3.05, 3.63) is 11.9 Å². The van der Waals surface area contributed by atoms with E-state index < -0.39 is 46.9 Å². The zero-order valence-electron chi connectivity index (χ0n) is 23.9. The molecule has 2 heterocycles. The Morgan fingerprint density at radius 3 is 2.39 bits per heavy atom. The molecule has 3 atom stereocenters. The number of aliphatic hydroxyl groups is 1. The average Bonchev–Trinajstić information content (AvgIpc) is 3.74. The lowest BCUT2D eigenvalue weighted by atomic mass is 9.77. The summed E-state index contributed by atoms with van der Waals surface area (Å²) >= 11 is 6.71. The van der Waals surface area contributed by atoms with Gasteiger partial charge in [-0.05, 0) is 76.5 Å². The molecule has 0 radical (unpaired) electrons. The summed E-state index contributed by atoms with van der Waals surface area (Å²) < 4.78 is 2.38. The van der Waals surface area contributed by atoms with Gasteiger partial charge in [0.05, 0.1) is 24.0 Å². The maximum Gasteiger partial charge on any atom is 0.287 e. The maximum absolute atomic E-state index is 14.1. The summed E-state index contributed by atoms with van der Waals surface area (Å²) in [5, 5.41) is 18.8. The molecule has 1 aromatic heterocycles. The van der Waals surface area contributed by atoms with Crippen molar-refractivity contribution in [2.24, 2.45) is 22.8 Å². The molecule has 4 aliphatic rings. The average molecular weight is 592 g/mol. The Bertz CT molecular complexity index is 1200. The minimum absolute atomic E-state index is 0.0664. The largest absolute Gasteiger partial charge is 0.384 e. The zero-order valence-corrected chi connectivity index (χ0v) is 24.7. The van der Waals surface area contributed by atoms with Crippen molar-refractivity contribution in [3.63, 3.8) is 0 Å². The van der Waals surface area contributed by atoms with Gasteiger partial charge in [0.2, 0.25) is 11.7 Å². The van der Waals surface area contributed by atoms with Crippen LogP contribution in [-0.2, 0) is 24.8 Å². The van der Waals surface area contributed by atoms with Crippen LogP contribution < -0.4 is 11.5 Å². The third-order valence-electron chi connectivity index (χ3n) is 10.1. The molecule has 2 bridgehead atoms. The second kappa shape index (κ2) is 10.9. The van der Waals surface area contributed by atoms with Gasteiger partial charge in [0.15, 0.2) is 0 Å². The number of nitrogens with two attached hydrogens (primary N) is 2. The minimum atomic E-state index is -1.56. The van der Waals surface area contributed by atoms with Gasteiger partial charge in [-0.25, -0.2) is 9.10 Å². The Morgan fingerprint density at radius 1 is 1.17 bits per heavy atom. The van der Waals surface area contributed by atoms with Crippen LogP contribution in [0.25, 0.3) is 0 Å². The van der Waals surface area contributed by atoms with Crippen molar-refractivity contribution in [1.29, 1.82) is 0 Å². The van der Waals surface area contributed by atoms with Crippen molar-refractivity contribution in [2.75, 3.05) is 6.54 Å². The van der Waals surface area contributed by atoms with Crippen LogP contribution in [0.3, 0.4) is 0 Å². The normalized spacial score (nSPS) is 29.9. The number of hydrogen-bond acceptors (Lipinski definition) is 8. The molecule has 1 aliphatic heterocycles. The molecule has 5 rings (SSSR count). The molecule has 13 heteroatoms. The van der Waals surface area contributed by atoms with E-state index >= 15 is 0 Å². The van der Waals surface area contributed by atoms with Gasteiger partial charge in [-0.15, -0.1) is 5.10 Å². The third-order valence-corrected chi connectivity index (χ3v) is 10.6. The van der Waals surface area contributed by atoms with Gasteiger partial charge in [-0.2, -0.15) is 0 Å². The molecule has 3 aliphatic carbocycles. The molecule has 4 fully saturated rings. The van der Waals surface area contributed by atoms with Crippen molar-refractivity contribution in [2.45, 2.75) is 120 Å². The smallest absolute Gasteiger partial charge is 0.287 e. The van der Waals surface area contributed by atoms with Crippen LogP contribution in [0.4, 0.5) is 0 Å². The van der Waals surface area contributed by atoms with Crippen molar-refractivity contribution in [3.8, 4) is 0 Å². The topological polar surface area (TPSA) is 178 Å². The number of aromatic nitrogens is 3. The van der Waals surface area contributed by atoms with Crippen molar-refractivity contribution < 1.29 is 24.3 Å². The van der Waals surface area contributed by atoms with E-state index in [1.165, 1.54) is 11.1 Å². The number of likely N-dealkylation sites (tertiary alicyclic amines) is 1. The first kappa shape index (κ1) is 29.9. The predicted molar refractivity (Wildman–Crippen MR) is 149 cm³/mol. The number of amides is 3. The van der Waals surface area contributed by atoms with Gasteiger partial charge in [-0.3, -0.25) is 19.2 Å². The van der Waals surface area contributed by atoms with Crippen LogP contribution in [0.1, 0.15) is 103 Å². The summed E-state index contributed by atoms with van der Waals surface area (Å²) in [5.74, 6) is -2.36. The number of hydrogen-bond donors (Lipinski definition) is 3. The lowest BCUT2D eigenvalue weighted by Crippen LogP contribution is -2.61. The first-order valence-electron chi connectivity index (χ1n) is 14.8. The Kier molecular flexibility index (Phi) is 7.97. The summed E-state index contributed by atoms with van der Waals surface area (Å²) in [6.07, 6.45) is 10.1. The first-order chi connectivity index (χ1) is 19.3. The van der Waals surface area contributed by atoms with Crippen molar-refractivity contribution >= 4 is 35.3 Å². The van der Waals surface area contributed by atoms with Gasteiger partial charge in [0.25, 0.3) is 11.8 Å². The molecule has 3 saturated carbocycles. The molecule has 3 amide bonds. The van der Waals surface area contributed by atoms with E-state index in [2.05, 4.69) is 10.3 Å². The lowest BCUT2D eigenvalue weighted by Gasteiger charge is -2.42. The van der Waals surface area contributed by atoms with Gasteiger partial charge in [-0.1, -0.05) is 24.5 Å². The van der Waals surface area contributed by atoms with Crippen LogP contribution in [0, 0.1) is 11.3 Å². The fourth-order valence-corrected chi connectivity index (χ4v) is 8.36. The van der Waals surface area contributed by atoms with Crippen LogP contribution in [0.5, 0.6) is 0 Å². The zero-order chi connectivity index (χ0) is 29.7. The van der Waals surface area contributed by atoms with Crippen LogP contribution in [-0.4, -0.2) is 77.1 Å². The number of fused-ring (bicyclic) bond motifs is 2. The quantitative estimate of drug-likeness (QED) is 0.287. The van der Waals surface area contributed by atoms with E-state index in [1.807, 2.05) is 0 Å². The second-order valence-corrected chi connectivity index (χ2v) is 13.7. The van der Waals surface area contributed by atoms with Crippen LogP contribution in [0.2, 0.25) is 0 Å². The maximum atomic E-state index is 14.1. The molecule has 41 heavy (non-hydrogen) atoms. The highest BCUT2D eigenvalue weighted by Crippen LogP contribution is 2.56. The fraction of sp³-hybridized carbons (Fsp3) is 0.786. The number of ketones is 1. The van der Waals surface area contributed by atoms with Gasteiger partial charge in [0.1, 0.15) is 17.2 Å². The summed E-state index contributed by atoms with van der Waals surface area (Å²) in [6.45, 7) is 3.32. The molecule has 0 aromatic carbocycles. The van der Waals surface area contributed by atoms with E-state index in [4.69, 9.17) is 23.2 Å². The Morgan fingerprint density at radius 2 is 1.83 bits per heavy atom. The highest BCUT2D eigenvalue weighted by atomic mass is 35.5. The third kappa shape index (κ3) is 5.38. The van der Waals surface area contributed by atoms with E-state index in [9.17, 15) is 24.3 Å². The van der Waals surface area contributed by atoms with Gasteiger partial charge < -0.3 is 21.5 Å². The predicted octanol–water partition coefficient (Wildman–Crippen LogP) is 1.68. The summed E-state index contributed by atoms with van der Waals surface area (Å²) in [6, 6.07) is -2.35. The number of carbonyl (C=O) groups is 4. The van der Waals surface area contributed by atoms with E-state index in [-0.39, 0.29) is 37.1 Å². The molecule has 226 valence electrons. The van der Waals surface area contributed by atoms with E-state index in [0.29, 0.717) is 30.9 Å². The SMILES string of the molecule is CC(C)(O)c1cnnn1[C@H]1C[C@@H](C(=O)N(Cl)C2(C(=O)C(N)=O)CCCCC2)N(C(=O)C(N)CC23CCC(CC2)C3)C1. The molecule has 1 unspecified atom stereocenters. The van der Waals surface area contributed by atoms with Crippen LogP contribution in [0.15, 0.2) is 6.20 Å². The monoisotopic (exact) mass is 591 g/mol. The van der Waals surface area contributed by atoms with Gasteiger partial charge >= 0.3 is 0 Å². The molecular weight excluding hydrogens is 550 g/mol. The number of rotatable bonds is 9. The van der Waals surface area contributed by atoms with Gasteiger partial charge in [0, 0.05) is 24.7 Å². The van der Waals surface area contributed by atoms with E-state index in [1.54, 1.807) is 18.5 Å². The summed E-state index contributed by atoms with van der Waals surface area (Å²) in [5.41, 5.74) is 9.64. The summed E-state index contributed by atoms with van der Waals surface area (Å²) in [4.78, 5) is 54.7. The lowest BCUT2D eigenvalue weighted by molar-refractivity contribution is -0.151. The minimum Gasteiger partial charge on any atom is -0.384 e. The molecule has 12 nitrogen and oxygen atoms in total. The molecule has 1 aromatic rings. The Hall–Kier alpha value is -2.57. The molecule has 0 spiro atoms. The second-order valence-electron chi connectivity index (χ2n) is 13.4. The highest BCUT2D eigenvalue weighted by Gasteiger charge is 2.54. The van der Waals surface area contributed by atoms with Crippen LogP contribution >= 0.6 is 11.8 Å². The Labute approximate surface area is 245 Å².